The second-order valence-electron chi connectivity index (χ2n) is 11.2. The van der Waals surface area contributed by atoms with Crippen molar-refractivity contribution in [1.29, 1.82) is 0 Å². The van der Waals surface area contributed by atoms with E-state index in [0.717, 1.165) is 80.8 Å². The maximum Gasteiger partial charge on any atom is 0.146 e. The van der Waals surface area contributed by atoms with Gasteiger partial charge in [-0.3, -0.25) is 0 Å². The van der Waals surface area contributed by atoms with Crippen molar-refractivity contribution in [3.05, 3.63) is 143 Å². The summed E-state index contributed by atoms with van der Waals surface area (Å²) >= 11 is 0. The first-order chi connectivity index (χ1) is 18.8. The maximum atomic E-state index is 7.35. The highest BCUT2D eigenvalue weighted by molar-refractivity contribution is 5.86. The third-order valence-electron chi connectivity index (χ3n) is 8.22. The number of rotatable bonds is 6. The van der Waals surface area contributed by atoms with Crippen LogP contribution in [-0.2, 0) is 4.74 Å². The predicted molar refractivity (Wildman–Crippen MR) is 159 cm³/mol. The third kappa shape index (κ3) is 3.87. The van der Waals surface area contributed by atoms with Gasteiger partial charge in [0.1, 0.15) is 34.5 Å². The molecule has 2 aromatic carbocycles. The molecular weight excluding hydrogens is 480 g/mol. The van der Waals surface area contributed by atoms with Crippen molar-refractivity contribution in [2.24, 2.45) is 10.8 Å². The van der Waals surface area contributed by atoms with Gasteiger partial charge < -0.3 is 14.2 Å². The lowest BCUT2D eigenvalue weighted by molar-refractivity contribution is 0.338. The molecule has 2 aliphatic carbocycles. The Bertz CT molecular complexity index is 1490. The van der Waals surface area contributed by atoms with Crippen molar-refractivity contribution < 1.29 is 14.2 Å². The van der Waals surface area contributed by atoms with Gasteiger partial charge in [-0.15, -0.1) is 13.2 Å². The molecule has 2 atom stereocenters. The zero-order chi connectivity index (χ0) is 27.4. The predicted octanol–water partition coefficient (Wildman–Crippen LogP) is 9.30. The van der Waals surface area contributed by atoms with Crippen molar-refractivity contribution in [3.8, 4) is 11.5 Å². The molecule has 0 radical (unpaired) electrons. The second kappa shape index (κ2) is 9.20. The molecule has 39 heavy (non-hydrogen) atoms. The van der Waals surface area contributed by atoms with E-state index in [9.17, 15) is 0 Å². The Morgan fingerprint density at radius 1 is 0.718 bits per heavy atom. The summed E-state index contributed by atoms with van der Waals surface area (Å²) in [5, 5.41) is 0. The van der Waals surface area contributed by atoms with Crippen LogP contribution < -0.4 is 9.47 Å². The fraction of sp³-hybridized carbons (Fsp3) is 0.222. The van der Waals surface area contributed by atoms with Crippen LogP contribution in [-0.4, -0.2) is 0 Å². The molecule has 2 unspecified atom stereocenters. The molecular formula is C36H34O3. The third-order valence-corrected chi connectivity index (χ3v) is 8.22. The highest BCUT2D eigenvalue weighted by atomic mass is 16.5. The fourth-order valence-electron chi connectivity index (χ4n) is 6.27. The molecule has 2 heterocycles. The number of hydrogen-bond acceptors (Lipinski definition) is 3. The molecule has 4 aliphatic rings. The van der Waals surface area contributed by atoms with Crippen LogP contribution in [0.2, 0.25) is 0 Å². The summed E-state index contributed by atoms with van der Waals surface area (Å²) in [6.07, 6.45) is 18.1. The van der Waals surface area contributed by atoms with E-state index in [1.54, 1.807) is 0 Å². The largest absolute Gasteiger partial charge is 0.456 e. The quantitative estimate of drug-likeness (QED) is 0.360. The Labute approximate surface area is 231 Å². The van der Waals surface area contributed by atoms with Crippen LogP contribution >= 0.6 is 0 Å². The average Bonchev–Trinajstić information content (AvgIpc) is 2.88. The van der Waals surface area contributed by atoms with Gasteiger partial charge in [0.15, 0.2) is 0 Å². The second-order valence-corrected chi connectivity index (χ2v) is 11.2. The monoisotopic (exact) mass is 514 g/mol. The Morgan fingerprint density at radius 3 is 1.56 bits per heavy atom. The Morgan fingerprint density at radius 2 is 1.15 bits per heavy atom. The molecule has 2 aromatic rings. The van der Waals surface area contributed by atoms with Gasteiger partial charge in [0, 0.05) is 22.0 Å². The molecule has 196 valence electrons. The summed E-state index contributed by atoms with van der Waals surface area (Å²) in [4.78, 5) is 0. The molecule has 6 rings (SSSR count). The minimum atomic E-state index is -0.346. The van der Waals surface area contributed by atoms with Crippen molar-refractivity contribution in [1.82, 2.24) is 0 Å². The molecule has 3 heteroatoms. The van der Waals surface area contributed by atoms with Gasteiger partial charge in [-0.05, 0) is 62.1 Å². The van der Waals surface area contributed by atoms with Gasteiger partial charge in [-0.2, -0.15) is 0 Å². The molecule has 0 aromatic heterocycles. The van der Waals surface area contributed by atoms with Crippen molar-refractivity contribution in [2.45, 2.75) is 40.5 Å². The zero-order valence-electron chi connectivity index (χ0n) is 23.1. The molecule has 2 aliphatic heterocycles. The molecule has 0 amide bonds. The topological polar surface area (TPSA) is 27.7 Å². The average molecular weight is 515 g/mol. The first kappa shape index (κ1) is 25.1. The van der Waals surface area contributed by atoms with Crippen molar-refractivity contribution in [3.63, 3.8) is 0 Å². The van der Waals surface area contributed by atoms with Crippen LogP contribution in [0.1, 0.15) is 48.9 Å². The fourth-order valence-corrected chi connectivity index (χ4v) is 6.27. The van der Waals surface area contributed by atoms with E-state index < -0.39 is 0 Å². The van der Waals surface area contributed by atoms with Crippen LogP contribution in [0, 0.1) is 24.7 Å². The standard InChI is InChI=1S/C36H34O3/c1-7-19-35(5)21-11-17-27-31(35)33(29-23(3)13-9-15-25(29)37-27)39-34-30-24(4)14-10-16-26(30)38-28-18-12-22-36(6,20-8-2)32(28)34/h7-18,21-22H,1-2,19-20H2,3-6H3. The number of ether oxygens (including phenoxy) is 3. The lowest BCUT2D eigenvalue weighted by atomic mass is 9.72. The first-order valence-electron chi connectivity index (χ1n) is 13.5. The number of aryl methyl sites for hydroxylation is 2. The summed E-state index contributed by atoms with van der Waals surface area (Å²) in [5.41, 5.74) is 5.52. The first-order valence-corrected chi connectivity index (χ1v) is 13.5. The van der Waals surface area contributed by atoms with E-state index in [-0.39, 0.29) is 10.8 Å². The van der Waals surface area contributed by atoms with Crippen LogP contribution in [0.5, 0.6) is 11.5 Å². The van der Waals surface area contributed by atoms with Crippen molar-refractivity contribution in [2.75, 3.05) is 0 Å². The van der Waals surface area contributed by atoms with Gasteiger partial charge in [-0.1, -0.05) is 74.6 Å². The molecule has 0 fully saturated rings. The highest BCUT2D eigenvalue weighted by Gasteiger charge is 2.43. The summed E-state index contributed by atoms with van der Waals surface area (Å²) in [6.45, 7) is 16.8. The van der Waals surface area contributed by atoms with E-state index >= 15 is 0 Å². The molecule has 3 nitrogen and oxygen atoms in total. The lowest BCUT2D eigenvalue weighted by Gasteiger charge is -2.40. The summed E-state index contributed by atoms with van der Waals surface area (Å²) in [6, 6.07) is 12.3. The smallest absolute Gasteiger partial charge is 0.146 e. The van der Waals surface area contributed by atoms with Gasteiger partial charge >= 0.3 is 0 Å². The van der Waals surface area contributed by atoms with E-state index in [2.05, 4.69) is 77.3 Å². The Balaban J connectivity index is 1.69. The van der Waals surface area contributed by atoms with Crippen LogP contribution in [0.25, 0.3) is 11.5 Å². The molecule has 0 saturated carbocycles. The van der Waals surface area contributed by atoms with Gasteiger partial charge in [-0.25, -0.2) is 0 Å². The highest BCUT2D eigenvalue weighted by Crippen LogP contribution is 2.55. The molecule has 0 N–H and O–H groups in total. The minimum Gasteiger partial charge on any atom is -0.456 e. The zero-order valence-corrected chi connectivity index (χ0v) is 23.1. The van der Waals surface area contributed by atoms with Crippen LogP contribution in [0.3, 0.4) is 0 Å². The number of allylic oxidation sites excluding steroid dienone is 10. The van der Waals surface area contributed by atoms with Crippen LogP contribution in [0.4, 0.5) is 0 Å². The van der Waals surface area contributed by atoms with E-state index in [0.29, 0.717) is 0 Å². The van der Waals surface area contributed by atoms with Crippen LogP contribution in [0.15, 0.2) is 121 Å². The van der Waals surface area contributed by atoms with E-state index in [1.165, 1.54) is 0 Å². The van der Waals surface area contributed by atoms with Gasteiger partial charge in [0.2, 0.25) is 0 Å². The lowest BCUT2D eigenvalue weighted by Crippen LogP contribution is -2.29. The van der Waals surface area contributed by atoms with Gasteiger partial charge in [0.25, 0.3) is 0 Å². The molecule has 0 saturated heterocycles. The normalized spacial score (nSPS) is 24.3. The van der Waals surface area contributed by atoms with Crippen molar-refractivity contribution >= 4 is 11.5 Å². The molecule has 0 spiro atoms. The SMILES string of the molecule is C=CCC1(C)C=CC=C2Oc3cccc(C)c3C(OC3=C4C(=CC=CC4(C)CC=C)Oc4cccc(C)c43)=C21. The Hall–Kier alpha value is -4.24. The number of benzene rings is 2. The minimum absolute atomic E-state index is 0.346. The number of hydrogen-bond donors (Lipinski definition) is 0. The summed E-state index contributed by atoms with van der Waals surface area (Å²) in [5.74, 6) is 4.86. The summed E-state index contributed by atoms with van der Waals surface area (Å²) in [7, 11) is 0. The molecule has 0 bridgehead atoms. The van der Waals surface area contributed by atoms with E-state index in [4.69, 9.17) is 14.2 Å². The van der Waals surface area contributed by atoms with Gasteiger partial charge in [0.05, 0.1) is 11.1 Å². The summed E-state index contributed by atoms with van der Waals surface area (Å²) < 4.78 is 20.4. The number of fused-ring (bicyclic) bond motifs is 4. The maximum absolute atomic E-state index is 7.35. The van der Waals surface area contributed by atoms with E-state index in [1.807, 2.05) is 48.6 Å². The Kier molecular flexibility index (Phi) is 5.91.